The average molecular weight is 347 g/mol. The van der Waals surface area contributed by atoms with Crippen molar-refractivity contribution < 1.29 is 22.4 Å². The van der Waals surface area contributed by atoms with Crippen LogP contribution in [0.1, 0.15) is 32.8 Å². The molecule has 1 aliphatic heterocycles. The van der Waals surface area contributed by atoms with E-state index in [-0.39, 0.29) is 11.7 Å². The number of alkyl halides is 3. The molecule has 1 fully saturated rings. The Morgan fingerprint density at radius 1 is 1.12 bits per heavy atom. The summed E-state index contributed by atoms with van der Waals surface area (Å²) in [4.78, 5) is 19.3. The van der Waals surface area contributed by atoms with E-state index in [9.17, 15) is 22.4 Å². The maximum absolute atomic E-state index is 14.1. The van der Waals surface area contributed by atoms with Crippen LogP contribution in [-0.2, 0) is 11.0 Å². The van der Waals surface area contributed by atoms with Crippen LogP contribution in [-0.4, -0.2) is 42.0 Å². The van der Waals surface area contributed by atoms with Crippen LogP contribution < -0.4 is 4.90 Å². The fourth-order valence-corrected chi connectivity index (χ4v) is 2.63. The van der Waals surface area contributed by atoms with Crippen molar-refractivity contribution in [3.8, 4) is 0 Å². The van der Waals surface area contributed by atoms with Gasteiger partial charge in [-0.25, -0.2) is 9.37 Å². The number of pyridine rings is 1. The Balaban J connectivity index is 2.13. The number of halogens is 4. The third kappa shape index (κ3) is 4.15. The van der Waals surface area contributed by atoms with E-state index in [1.807, 2.05) is 20.8 Å². The van der Waals surface area contributed by atoms with Gasteiger partial charge in [0.1, 0.15) is 0 Å². The van der Waals surface area contributed by atoms with Crippen LogP contribution in [0.25, 0.3) is 0 Å². The van der Waals surface area contributed by atoms with Gasteiger partial charge in [0.15, 0.2) is 11.6 Å². The Labute approximate surface area is 138 Å². The highest BCUT2D eigenvalue weighted by atomic mass is 19.4. The van der Waals surface area contributed by atoms with Gasteiger partial charge in [0.05, 0.1) is 5.56 Å². The molecule has 0 spiro atoms. The number of amides is 1. The number of carbonyl (C=O) groups excluding carboxylic acids is 1. The second-order valence-electron chi connectivity index (χ2n) is 6.91. The zero-order valence-electron chi connectivity index (χ0n) is 14.0. The monoisotopic (exact) mass is 347 g/mol. The van der Waals surface area contributed by atoms with Crippen molar-refractivity contribution in [3.05, 3.63) is 23.6 Å². The lowest BCUT2D eigenvalue weighted by Crippen LogP contribution is -2.41. The molecule has 1 aliphatic rings. The third-order valence-electron chi connectivity index (χ3n) is 3.87. The van der Waals surface area contributed by atoms with Crippen molar-refractivity contribution in [2.45, 2.75) is 33.4 Å². The van der Waals surface area contributed by atoms with Gasteiger partial charge in [0.25, 0.3) is 0 Å². The normalized spacial score (nSPS) is 17.0. The summed E-state index contributed by atoms with van der Waals surface area (Å²) in [6, 6.07) is 0.464. The molecule has 0 radical (unpaired) electrons. The minimum Gasteiger partial charge on any atom is -0.352 e. The third-order valence-corrected chi connectivity index (χ3v) is 3.87. The molecule has 1 saturated heterocycles. The molecule has 0 bridgehead atoms. The van der Waals surface area contributed by atoms with Crippen LogP contribution >= 0.6 is 0 Å². The fourth-order valence-electron chi connectivity index (χ4n) is 2.63. The van der Waals surface area contributed by atoms with E-state index < -0.39 is 23.0 Å². The van der Waals surface area contributed by atoms with Gasteiger partial charge in [-0.3, -0.25) is 4.79 Å². The second-order valence-corrected chi connectivity index (χ2v) is 6.91. The van der Waals surface area contributed by atoms with E-state index in [1.54, 1.807) is 9.80 Å². The Morgan fingerprint density at radius 3 is 2.33 bits per heavy atom. The minimum absolute atomic E-state index is 0.00482. The van der Waals surface area contributed by atoms with Gasteiger partial charge in [0.2, 0.25) is 5.91 Å². The predicted octanol–water partition coefficient (Wildman–Crippen LogP) is 3.32. The quantitative estimate of drug-likeness (QED) is 0.731. The smallest absolute Gasteiger partial charge is 0.352 e. The average Bonchev–Trinajstić information content (AvgIpc) is 2.70. The van der Waals surface area contributed by atoms with Crippen molar-refractivity contribution in [1.82, 2.24) is 9.88 Å². The highest BCUT2D eigenvalue weighted by Crippen LogP contribution is 2.31. The molecule has 1 aromatic rings. The van der Waals surface area contributed by atoms with Crippen molar-refractivity contribution in [2.75, 3.05) is 31.1 Å². The van der Waals surface area contributed by atoms with Crippen LogP contribution in [0.3, 0.4) is 0 Å². The standard InChI is InChI=1S/C16H21F4N3O/c1-15(2,3)14(24)23-6-4-5-22(7-8-23)13-12(17)9-11(10-21-13)16(18,19)20/h9-10H,4-8H2,1-3H3. The summed E-state index contributed by atoms with van der Waals surface area (Å²) in [6.07, 6.45) is -3.38. The van der Waals surface area contributed by atoms with Gasteiger partial charge in [0, 0.05) is 37.8 Å². The summed E-state index contributed by atoms with van der Waals surface area (Å²) < 4.78 is 51.8. The molecule has 0 atom stereocenters. The summed E-state index contributed by atoms with van der Waals surface area (Å²) in [5.41, 5.74) is -1.62. The first-order valence-corrected chi connectivity index (χ1v) is 7.77. The van der Waals surface area contributed by atoms with Crippen molar-refractivity contribution in [3.63, 3.8) is 0 Å². The summed E-state index contributed by atoms with van der Waals surface area (Å²) in [7, 11) is 0. The summed E-state index contributed by atoms with van der Waals surface area (Å²) in [5.74, 6) is -1.10. The Bertz CT molecular complexity index is 610. The van der Waals surface area contributed by atoms with Crippen LogP contribution in [0.5, 0.6) is 0 Å². The molecule has 1 amide bonds. The van der Waals surface area contributed by atoms with Crippen LogP contribution in [0.4, 0.5) is 23.4 Å². The van der Waals surface area contributed by atoms with Gasteiger partial charge >= 0.3 is 6.18 Å². The van der Waals surface area contributed by atoms with Crippen LogP contribution in [0.15, 0.2) is 12.3 Å². The second kappa shape index (κ2) is 6.57. The van der Waals surface area contributed by atoms with E-state index in [0.717, 1.165) is 0 Å². The number of hydrogen-bond donors (Lipinski definition) is 0. The van der Waals surface area contributed by atoms with Crippen molar-refractivity contribution >= 4 is 11.7 Å². The van der Waals surface area contributed by atoms with Gasteiger partial charge < -0.3 is 9.80 Å². The zero-order valence-corrected chi connectivity index (χ0v) is 14.0. The Morgan fingerprint density at radius 2 is 1.79 bits per heavy atom. The van der Waals surface area contributed by atoms with Gasteiger partial charge in [-0.2, -0.15) is 13.2 Å². The maximum atomic E-state index is 14.1. The van der Waals surface area contributed by atoms with Crippen LogP contribution in [0, 0.1) is 11.2 Å². The molecule has 0 unspecified atom stereocenters. The highest BCUT2D eigenvalue weighted by Gasteiger charge is 2.33. The van der Waals surface area contributed by atoms with Gasteiger partial charge in [-0.1, -0.05) is 20.8 Å². The van der Waals surface area contributed by atoms with Crippen molar-refractivity contribution in [1.29, 1.82) is 0 Å². The van der Waals surface area contributed by atoms with E-state index >= 15 is 0 Å². The first-order chi connectivity index (χ1) is 11.0. The SMILES string of the molecule is CC(C)(C)C(=O)N1CCCN(c2ncc(C(F)(F)F)cc2F)CC1. The zero-order chi connectivity index (χ0) is 18.1. The van der Waals surface area contributed by atoms with Crippen LogP contribution in [0.2, 0.25) is 0 Å². The molecule has 0 saturated carbocycles. The molecule has 1 aromatic heterocycles. The molecular formula is C16H21F4N3O. The lowest BCUT2D eigenvalue weighted by molar-refractivity contribution is -0.139. The number of hydrogen-bond acceptors (Lipinski definition) is 3. The molecule has 2 rings (SSSR count). The van der Waals surface area contributed by atoms with E-state index in [4.69, 9.17) is 0 Å². The first-order valence-electron chi connectivity index (χ1n) is 7.77. The van der Waals surface area contributed by atoms with E-state index in [0.29, 0.717) is 44.9 Å². The van der Waals surface area contributed by atoms with E-state index in [1.165, 1.54) is 0 Å². The largest absolute Gasteiger partial charge is 0.417 e. The summed E-state index contributed by atoms with van der Waals surface area (Å²) >= 11 is 0. The number of anilines is 1. The number of rotatable bonds is 1. The molecule has 4 nitrogen and oxygen atoms in total. The summed E-state index contributed by atoms with van der Waals surface area (Å²) in [5, 5.41) is 0. The Kier molecular flexibility index (Phi) is 5.05. The molecule has 0 N–H and O–H groups in total. The predicted molar refractivity (Wildman–Crippen MR) is 82.1 cm³/mol. The topological polar surface area (TPSA) is 36.4 Å². The lowest BCUT2D eigenvalue weighted by Gasteiger charge is -2.28. The molecule has 24 heavy (non-hydrogen) atoms. The highest BCUT2D eigenvalue weighted by molar-refractivity contribution is 5.81. The molecule has 2 heterocycles. The molecule has 0 aromatic carbocycles. The minimum atomic E-state index is -4.62. The lowest BCUT2D eigenvalue weighted by atomic mass is 9.94. The molecular weight excluding hydrogens is 326 g/mol. The van der Waals surface area contributed by atoms with Gasteiger partial charge in [-0.15, -0.1) is 0 Å². The number of carbonyl (C=O) groups is 1. The fraction of sp³-hybridized carbons (Fsp3) is 0.625. The number of nitrogens with zero attached hydrogens (tertiary/aromatic N) is 3. The Hall–Kier alpha value is -1.86. The van der Waals surface area contributed by atoms with Crippen molar-refractivity contribution in [2.24, 2.45) is 5.41 Å². The summed E-state index contributed by atoms with van der Waals surface area (Å²) in [6.45, 7) is 7.17. The van der Waals surface area contributed by atoms with E-state index in [2.05, 4.69) is 4.98 Å². The molecule has 8 heteroatoms. The number of aromatic nitrogens is 1. The molecule has 134 valence electrons. The first kappa shape index (κ1) is 18.5. The van der Waals surface area contributed by atoms with Gasteiger partial charge in [-0.05, 0) is 12.5 Å². The maximum Gasteiger partial charge on any atom is 0.417 e. The molecule has 0 aliphatic carbocycles.